The maximum absolute atomic E-state index is 12.6. The van der Waals surface area contributed by atoms with Crippen LogP contribution in [0.2, 0.25) is 0 Å². The van der Waals surface area contributed by atoms with Gasteiger partial charge < -0.3 is 9.47 Å². The minimum absolute atomic E-state index is 0.0752. The second-order valence-corrected chi connectivity index (χ2v) is 11.3. The van der Waals surface area contributed by atoms with Crippen LogP contribution < -0.4 is 9.47 Å². The van der Waals surface area contributed by atoms with Gasteiger partial charge in [0, 0.05) is 16.5 Å². The standard InChI is InChI=1S/C34H50O3S/c1-4-5-6-7-8-9-10-11-12-13-14-15-16-17-18-25-38-33-22-19-29(20-23-33)21-24-34(35)30-26-31(36-2)28-32(27-30)37-3/h19-24,26-28H,4-18,25H2,1-3H3. The van der Waals surface area contributed by atoms with Gasteiger partial charge in [0.05, 0.1) is 14.2 Å². The molecule has 2 rings (SSSR count). The third-order valence-electron chi connectivity index (χ3n) is 6.96. The molecule has 0 aromatic heterocycles. The molecule has 0 saturated carbocycles. The number of ketones is 1. The molecule has 0 aliphatic heterocycles. The highest BCUT2D eigenvalue weighted by Gasteiger charge is 2.07. The number of thioether (sulfide) groups is 1. The van der Waals surface area contributed by atoms with Gasteiger partial charge in [-0.3, -0.25) is 4.79 Å². The lowest BCUT2D eigenvalue weighted by atomic mass is 10.0. The number of allylic oxidation sites excluding steroid dienone is 1. The molecule has 0 fully saturated rings. The molecule has 2 aromatic carbocycles. The number of hydrogen-bond acceptors (Lipinski definition) is 4. The Morgan fingerprint density at radius 2 is 1.16 bits per heavy atom. The SMILES string of the molecule is CCCCCCCCCCCCCCCCCSc1ccc(C=CC(=O)c2cc(OC)cc(OC)c2)cc1. The van der Waals surface area contributed by atoms with E-state index in [0.29, 0.717) is 17.1 Å². The van der Waals surface area contributed by atoms with E-state index in [-0.39, 0.29) is 5.78 Å². The summed E-state index contributed by atoms with van der Waals surface area (Å²) in [6, 6.07) is 13.7. The van der Waals surface area contributed by atoms with E-state index in [2.05, 4.69) is 31.2 Å². The normalized spacial score (nSPS) is 11.2. The summed E-state index contributed by atoms with van der Waals surface area (Å²) < 4.78 is 10.5. The third-order valence-corrected chi connectivity index (χ3v) is 8.06. The number of carbonyl (C=O) groups is 1. The van der Waals surface area contributed by atoms with Crippen LogP contribution >= 0.6 is 11.8 Å². The molecule has 0 N–H and O–H groups in total. The Balaban J connectivity index is 1.52. The average molecular weight is 539 g/mol. The fraction of sp³-hybridized carbons (Fsp3) is 0.559. The summed E-state index contributed by atoms with van der Waals surface area (Å²) in [5, 5.41) is 0. The van der Waals surface area contributed by atoms with E-state index in [0.717, 1.165) is 5.56 Å². The molecule has 2 aromatic rings. The lowest BCUT2D eigenvalue weighted by molar-refractivity contribution is 0.104. The number of methoxy groups -OCH3 is 2. The first-order valence-corrected chi connectivity index (χ1v) is 15.8. The van der Waals surface area contributed by atoms with Crippen molar-refractivity contribution >= 4 is 23.6 Å². The van der Waals surface area contributed by atoms with Gasteiger partial charge in [-0.2, -0.15) is 0 Å². The Kier molecular flexibility index (Phi) is 17.5. The maximum Gasteiger partial charge on any atom is 0.186 e. The lowest BCUT2D eigenvalue weighted by Gasteiger charge is -2.06. The molecule has 0 atom stereocenters. The zero-order valence-electron chi connectivity index (χ0n) is 24.1. The quantitative estimate of drug-likeness (QED) is 0.0646. The summed E-state index contributed by atoms with van der Waals surface area (Å²) in [6.45, 7) is 2.29. The Labute approximate surface area is 236 Å². The van der Waals surface area contributed by atoms with Crippen molar-refractivity contribution in [3.05, 3.63) is 59.7 Å². The van der Waals surface area contributed by atoms with Crippen molar-refractivity contribution in [2.75, 3.05) is 20.0 Å². The number of benzene rings is 2. The van der Waals surface area contributed by atoms with Gasteiger partial charge in [-0.1, -0.05) is 115 Å². The first-order chi connectivity index (χ1) is 18.7. The number of carbonyl (C=O) groups excluding carboxylic acids is 1. The molecule has 0 saturated heterocycles. The van der Waals surface area contributed by atoms with Crippen molar-refractivity contribution in [3.63, 3.8) is 0 Å². The molecular formula is C34H50O3S. The summed E-state index contributed by atoms with van der Waals surface area (Å²) in [5.74, 6) is 2.31. The van der Waals surface area contributed by atoms with Crippen LogP contribution in [-0.2, 0) is 0 Å². The minimum atomic E-state index is -0.0752. The monoisotopic (exact) mass is 538 g/mol. The first-order valence-electron chi connectivity index (χ1n) is 14.8. The van der Waals surface area contributed by atoms with Crippen molar-refractivity contribution in [2.24, 2.45) is 0 Å². The first kappa shape index (κ1) is 32.0. The smallest absolute Gasteiger partial charge is 0.186 e. The van der Waals surface area contributed by atoms with Gasteiger partial charge in [-0.25, -0.2) is 0 Å². The van der Waals surface area contributed by atoms with Crippen LogP contribution in [0.15, 0.2) is 53.4 Å². The van der Waals surface area contributed by atoms with E-state index >= 15 is 0 Å². The molecule has 0 bridgehead atoms. The molecule has 0 spiro atoms. The van der Waals surface area contributed by atoms with Crippen LogP contribution in [0.25, 0.3) is 6.08 Å². The van der Waals surface area contributed by atoms with Gasteiger partial charge in [-0.15, -0.1) is 11.8 Å². The molecule has 0 aliphatic rings. The molecule has 0 aliphatic carbocycles. The van der Waals surface area contributed by atoms with Crippen molar-refractivity contribution in [1.82, 2.24) is 0 Å². The van der Waals surface area contributed by atoms with Crippen molar-refractivity contribution < 1.29 is 14.3 Å². The summed E-state index contributed by atoms with van der Waals surface area (Å²) >= 11 is 1.93. The van der Waals surface area contributed by atoms with E-state index in [4.69, 9.17) is 9.47 Å². The zero-order valence-corrected chi connectivity index (χ0v) is 25.0. The van der Waals surface area contributed by atoms with Crippen molar-refractivity contribution in [3.8, 4) is 11.5 Å². The molecule has 0 radical (unpaired) electrons. The maximum atomic E-state index is 12.6. The number of rotatable bonds is 22. The minimum Gasteiger partial charge on any atom is -0.497 e. The van der Waals surface area contributed by atoms with Crippen molar-refractivity contribution in [1.29, 1.82) is 0 Å². The fourth-order valence-electron chi connectivity index (χ4n) is 4.56. The Hall–Kier alpha value is -2.20. The van der Waals surface area contributed by atoms with Gasteiger partial charge in [0.2, 0.25) is 0 Å². The summed E-state index contributed by atoms with van der Waals surface area (Å²) in [6.07, 6.45) is 24.5. The van der Waals surface area contributed by atoms with Crippen LogP contribution in [0.1, 0.15) is 119 Å². The topological polar surface area (TPSA) is 35.5 Å². The predicted molar refractivity (Wildman–Crippen MR) is 165 cm³/mol. The second kappa shape index (κ2) is 20.7. The zero-order chi connectivity index (χ0) is 27.3. The van der Waals surface area contributed by atoms with E-state index in [9.17, 15) is 4.79 Å². The second-order valence-electron chi connectivity index (χ2n) is 10.2. The highest BCUT2D eigenvalue weighted by atomic mass is 32.2. The van der Waals surface area contributed by atoms with E-state index in [1.807, 2.05) is 17.8 Å². The van der Waals surface area contributed by atoms with Gasteiger partial charge in [0.1, 0.15) is 11.5 Å². The van der Waals surface area contributed by atoms with Crippen LogP contribution in [0.5, 0.6) is 11.5 Å². The van der Waals surface area contributed by atoms with Crippen LogP contribution in [-0.4, -0.2) is 25.8 Å². The van der Waals surface area contributed by atoms with Crippen molar-refractivity contribution in [2.45, 2.75) is 108 Å². The molecule has 38 heavy (non-hydrogen) atoms. The van der Waals surface area contributed by atoms with Crippen LogP contribution in [0.3, 0.4) is 0 Å². The Bertz CT molecular complexity index is 898. The predicted octanol–water partition coefficient (Wildman–Crippen LogP) is 10.6. The molecular weight excluding hydrogens is 488 g/mol. The number of hydrogen-bond donors (Lipinski definition) is 0. The van der Waals surface area contributed by atoms with Gasteiger partial charge in [-0.05, 0) is 48.1 Å². The van der Waals surface area contributed by atoms with E-state index in [1.165, 1.54) is 107 Å². The number of ether oxygens (including phenoxy) is 2. The van der Waals surface area contributed by atoms with Crippen LogP contribution in [0, 0.1) is 0 Å². The third kappa shape index (κ3) is 14.1. The Morgan fingerprint density at radius 1 is 0.684 bits per heavy atom. The Morgan fingerprint density at radius 3 is 1.63 bits per heavy atom. The van der Waals surface area contributed by atoms with Crippen LogP contribution in [0.4, 0.5) is 0 Å². The summed E-state index contributed by atoms with van der Waals surface area (Å²) in [4.78, 5) is 13.9. The number of unbranched alkanes of at least 4 members (excludes halogenated alkanes) is 14. The van der Waals surface area contributed by atoms with E-state index < -0.39 is 0 Å². The molecule has 4 heteroatoms. The average Bonchev–Trinajstić information content (AvgIpc) is 2.95. The molecule has 3 nitrogen and oxygen atoms in total. The molecule has 0 amide bonds. The highest BCUT2D eigenvalue weighted by Crippen LogP contribution is 2.24. The van der Waals surface area contributed by atoms with E-state index in [1.54, 1.807) is 38.5 Å². The summed E-state index contributed by atoms with van der Waals surface area (Å²) in [7, 11) is 3.16. The molecule has 210 valence electrons. The fourth-order valence-corrected chi connectivity index (χ4v) is 5.47. The lowest BCUT2D eigenvalue weighted by Crippen LogP contribution is -1.97. The largest absolute Gasteiger partial charge is 0.497 e. The summed E-state index contributed by atoms with van der Waals surface area (Å²) in [5.41, 5.74) is 1.57. The van der Waals surface area contributed by atoms with Gasteiger partial charge in [0.15, 0.2) is 5.78 Å². The van der Waals surface area contributed by atoms with Gasteiger partial charge >= 0.3 is 0 Å². The molecule has 0 unspecified atom stereocenters. The highest BCUT2D eigenvalue weighted by molar-refractivity contribution is 7.99. The van der Waals surface area contributed by atoms with Gasteiger partial charge in [0.25, 0.3) is 0 Å². The molecule has 0 heterocycles.